The van der Waals surface area contributed by atoms with Crippen molar-refractivity contribution in [1.82, 2.24) is 9.88 Å². The molecule has 0 spiro atoms. The number of hydrogen-bond donors (Lipinski definition) is 1. The Bertz CT molecular complexity index is 893. The minimum absolute atomic E-state index is 0.131. The molecule has 1 saturated carbocycles. The number of amides is 1. The molecule has 1 aromatic carbocycles. The van der Waals surface area contributed by atoms with Crippen molar-refractivity contribution in [2.45, 2.75) is 31.2 Å². The third-order valence-corrected chi connectivity index (χ3v) is 5.16. The zero-order valence-electron chi connectivity index (χ0n) is 15.2. The van der Waals surface area contributed by atoms with E-state index in [0.29, 0.717) is 30.4 Å². The lowest BCUT2D eigenvalue weighted by Gasteiger charge is -2.35. The molecular weight excluding hydrogens is 348 g/mol. The molecule has 1 amide bonds. The van der Waals surface area contributed by atoms with Gasteiger partial charge in [0, 0.05) is 23.5 Å². The van der Waals surface area contributed by atoms with E-state index in [0.717, 1.165) is 29.4 Å². The zero-order chi connectivity index (χ0) is 19.0. The Morgan fingerprint density at radius 2 is 2.15 bits per heavy atom. The minimum Gasteiger partial charge on any atom is -0.497 e. The molecule has 1 aromatic heterocycles. The number of aromatic nitrogens is 1. The molecule has 2 heterocycles. The van der Waals surface area contributed by atoms with Crippen molar-refractivity contribution >= 4 is 22.8 Å². The maximum Gasteiger partial charge on any atom is 0.305 e. The molecule has 7 heteroatoms. The normalized spacial score (nSPS) is 19.9. The van der Waals surface area contributed by atoms with Crippen LogP contribution in [0, 0.1) is 0 Å². The van der Waals surface area contributed by atoms with Gasteiger partial charge in [0.05, 0.1) is 43.9 Å². The summed E-state index contributed by atoms with van der Waals surface area (Å²) in [7, 11) is 1.58. The molecule has 0 radical (unpaired) electrons. The second kappa shape index (κ2) is 7.15. The maximum atomic E-state index is 13.4. The van der Waals surface area contributed by atoms with E-state index in [1.807, 2.05) is 24.3 Å². The first-order valence-corrected chi connectivity index (χ1v) is 9.16. The summed E-state index contributed by atoms with van der Waals surface area (Å²) in [6.07, 6.45) is 2.04. The Labute approximate surface area is 156 Å². The van der Waals surface area contributed by atoms with Gasteiger partial charge in [-0.25, -0.2) is 0 Å². The maximum absolute atomic E-state index is 13.4. The summed E-state index contributed by atoms with van der Waals surface area (Å²) in [4.78, 5) is 31.0. The van der Waals surface area contributed by atoms with Crippen LogP contribution in [-0.2, 0) is 9.53 Å². The zero-order valence-corrected chi connectivity index (χ0v) is 15.2. The number of pyridine rings is 1. The number of benzene rings is 1. The molecule has 142 valence electrons. The Hall–Kier alpha value is -2.67. The van der Waals surface area contributed by atoms with Crippen LogP contribution in [0.25, 0.3) is 10.9 Å². The molecule has 0 bridgehead atoms. The van der Waals surface area contributed by atoms with Gasteiger partial charge >= 0.3 is 5.97 Å². The molecule has 1 aliphatic heterocycles. The quantitative estimate of drug-likeness (QED) is 0.870. The van der Waals surface area contributed by atoms with Gasteiger partial charge < -0.3 is 19.5 Å². The number of carboxylic acid groups (broad SMARTS) is 1. The number of aliphatic carboxylic acids is 1. The fourth-order valence-electron chi connectivity index (χ4n) is 3.57. The summed E-state index contributed by atoms with van der Waals surface area (Å²) in [6, 6.07) is 6.92. The number of rotatable bonds is 5. The van der Waals surface area contributed by atoms with Crippen LogP contribution in [-0.4, -0.2) is 59.8 Å². The van der Waals surface area contributed by atoms with Crippen LogP contribution in [0.2, 0.25) is 0 Å². The molecule has 1 aliphatic carbocycles. The second-order valence-corrected chi connectivity index (χ2v) is 7.08. The van der Waals surface area contributed by atoms with Gasteiger partial charge in [-0.2, -0.15) is 0 Å². The highest BCUT2D eigenvalue weighted by Gasteiger charge is 2.32. The van der Waals surface area contributed by atoms with Gasteiger partial charge in [-0.05, 0) is 37.1 Å². The number of ether oxygens (including phenoxy) is 2. The highest BCUT2D eigenvalue weighted by molar-refractivity contribution is 6.07. The number of nitrogens with zero attached hydrogens (tertiary/aromatic N) is 2. The van der Waals surface area contributed by atoms with Crippen molar-refractivity contribution in [3.05, 3.63) is 35.5 Å². The SMILES string of the molecule is COc1ccc2nc(C3CC3)cc(C(=O)N3CCOCC3CC(=O)O)c2c1. The number of morpholine rings is 1. The Morgan fingerprint density at radius 1 is 1.33 bits per heavy atom. The van der Waals surface area contributed by atoms with Crippen molar-refractivity contribution in [1.29, 1.82) is 0 Å². The number of carbonyl (C=O) groups excluding carboxylic acids is 1. The van der Waals surface area contributed by atoms with E-state index in [2.05, 4.69) is 0 Å². The van der Waals surface area contributed by atoms with Crippen LogP contribution in [0.4, 0.5) is 0 Å². The highest BCUT2D eigenvalue weighted by atomic mass is 16.5. The van der Waals surface area contributed by atoms with Crippen molar-refractivity contribution in [2.24, 2.45) is 0 Å². The fraction of sp³-hybridized carbons (Fsp3) is 0.450. The smallest absolute Gasteiger partial charge is 0.305 e. The van der Waals surface area contributed by atoms with Gasteiger partial charge in [0.2, 0.25) is 0 Å². The Morgan fingerprint density at radius 3 is 2.85 bits per heavy atom. The molecular formula is C20H22N2O5. The van der Waals surface area contributed by atoms with Crippen molar-refractivity contribution in [2.75, 3.05) is 26.9 Å². The fourth-order valence-corrected chi connectivity index (χ4v) is 3.57. The Balaban J connectivity index is 1.77. The largest absolute Gasteiger partial charge is 0.497 e. The van der Waals surface area contributed by atoms with Crippen molar-refractivity contribution in [3.8, 4) is 5.75 Å². The lowest BCUT2D eigenvalue weighted by atomic mass is 10.0. The minimum atomic E-state index is -0.941. The molecule has 2 fully saturated rings. The van der Waals surface area contributed by atoms with Crippen LogP contribution in [0.15, 0.2) is 24.3 Å². The average molecular weight is 370 g/mol. The molecule has 2 aliphatic rings. The van der Waals surface area contributed by atoms with Gasteiger partial charge in [-0.3, -0.25) is 14.6 Å². The first-order chi connectivity index (χ1) is 13.1. The van der Waals surface area contributed by atoms with E-state index < -0.39 is 12.0 Å². The number of carboxylic acids is 1. The van der Waals surface area contributed by atoms with Gasteiger partial charge in [0.1, 0.15) is 5.75 Å². The van der Waals surface area contributed by atoms with Crippen LogP contribution in [0.1, 0.15) is 41.2 Å². The first kappa shape index (κ1) is 17.7. The molecule has 1 N–H and O–H groups in total. The van der Waals surface area contributed by atoms with Crippen LogP contribution >= 0.6 is 0 Å². The summed E-state index contributed by atoms with van der Waals surface area (Å²) in [6.45, 7) is 1.02. The monoisotopic (exact) mass is 370 g/mol. The summed E-state index contributed by atoms with van der Waals surface area (Å²) >= 11 is 0. The molecule has 1 unspecified atom stereocenters. The standard InChI is InChI=1S/C20H22N2O5/c1-26-14-4-5-17-15(9-14)16(10-18(21-17)12-2-3-12)20(25)22-6-7-27-11-13(22)8-19(23)24/h4-5,9-10,12-13H,2-3,6-8,11H2,1H3,(H,23,24). The third kappa shape index (κ3) is 3.60. The molecule has 27 heavy (non-hydrogen) atoms. The summed E-state index contributed by atoms with van der Waals surface area (Å²) < 4.78 is 10.7. The van der Waals surface area contributed by atoms with E-state index in [9.17, 15) is 14.7 Å². The van der Waals surface area contributed by atoms with E-state index >= 15 is 0 Å². The molecule has 7 nitrogen and oxygen atoms in total. The Kier molecular flexibility index (Phi) is 4.70. The summed E-state index contributed by atoms with van der Waals surface area (Å²) in [5.74, 6) is -0.0560. The number of fused-ring (bicyclic) bond motifs is 1. The highest BCUT2D eigenvalue weighted by Crippen LogP contribution is 2.40. The molecule has 2 aromatic rings. The molecule has 4 rings (SSSR count). The predicted molar refractivity (Wildman–Crippen MR) is 98.2 cm³/mol. The van der Waals surface area contributed by atoms with Crippen LogP contribution in [0.3, 0.4) is 0 Å². The first-order valence-electron chi connectivity index (χ1n) is 9.16. The predicted octanol–water partition coefficient (Wildman–Crippen LogP) is 2.44. The van der Waals surface area contributed by atoms with E-state index in [4.69, 9.17) is 14.5 Å². The lowest BCUT2D eigenvalue weighted by Crippen LogP contribution is -2.49. The van der Waals surface area contributed by atoms with Gasteiger partial charge in [-0.1, -0.05) is 0 Å². The number of methoxy groups -OCH3 is 1. The third-order valence-electron chi connectivity index (χ3n) is 5.16. The topological polar surface area (TPSA) is 89.0 Å². The van der Waals surface area contributed by atoms with Gasteiger partial charge in [-0.15, -0.1) is 0 Å². The van der Waals surface area contributed by atoms with Crippen molar-refractivity contribution in [3.63, 3.8) is 0 Å². The van der Waals surface area contributed by atoms with Crippen LogP contribution in [0.5, 0.6) is 5.75 Å². The van der Waals surface area contributed by atoms with Gasteiger partial charge in [0.25, 0.3) is 5.91 Å². The summed E-state index contributed by atoms with van der Waals surface area (Å²) in [5.41, 5.74) is 2.24. The van der Waals surface area contributed by atoms with E-state index in [-0.39, 0.29) is 18.9 Å². The van der Waals surface area contributed by atoms with E-state index in [1.165, 1.54) is 0 Å². The summed E-state index contributed by atoms with van der Waals surface area (Å²) in [5, 5.41) is 9.91. The number of hydrogen-bond acceptors (Lipinski definition) is 5. The lowest BCUT2D eigenvalue weighted by molar-refractivity contribution is -0.139. The van der Waals surface area contributed by atoms with E-state index in [1.54, 1.807) is 12.0 Å². The van der Waals surface area contributed by atoms with Crippen molar-refractivity contribution < 1.29 is 24.2 Å². The molecule has 1 atom stereocenters. The number of carbonyl (C=O) groups is 2. The second-order valence-electron chi connectivity index (χ2n) is 7.08. The van der Waals surface area contributed by atoms with Crippen LogP contribution < -0.4 is 4.74 Å². The average Bonchev–Trinajstić information content (AvgIpc) is 3.51. The van der Waals surface area contributed by atoms with Gasteiger partial charge in [0.15, 0.2) is 0 Å². The molecule has 1 saturated heterocycles.